The lowest BCUT2D eigenvalue weighted by Crippen LogP contribution is -2.10. The van der Waals surface area contributed by atoms with Gasteiger partial charge in [0.2, 0.25) is 0 Å². The van der Waals surface area contributed by atoms with E-state index >= 15 is 0 Å². The predicted molar refractivity (Wildman–Crippen MR) is 81.5 cm³/mol. The van der Waals surface area contributed by atoms with Crippen LogP contribution >= 0.6 is 27.3 Å². The molecular weight excluding hydrogens is 328 g/mol. The molecular formula is C13H13BrN2O2S. The standard InChI is InChI=1S/C13H13BrN2O2S/c1-18-13(17)10-3-2-4-11(15)12(10)16-6-9-5-8(14)7-19-9/h2-5,7,16H,6,15H2,1H3. The number of nitrogens with two attached hydrogens (primary N) is 1. The van der Waals surface area contributed by atoms with Crippen molar-refractivity contribution in [3.05, 3.63) is 44.6 Å². The van der Waals surface area contributed by atoms with Crippen LogP contribution in [0.1, 0.15) is 15.2 Å². The highest BCUT2D eigenvalue weighted by molar-refractivity contribution is 9.10. The Morgan fingerprint density at radius 2 is 2.32 bits per heavy atom. The summed E-state index contributed by atoms with van der Waals surface area (Å²) >= 11 is 5.03. The van der Waals surface area contributed by atoms with Crippen molar-refractivity contribution < 1.29 is 9.53 Å². The Balaban J connectivity index is 2.21. The van der Waals surface area contributed by atoms with Crippen LogP contribution in [-0.2, 0) is 11.3 Å². The average molecular weight is 341 g/mol. The summed E-state index contributed by atoms with van der Waals surface area (Å²) in [6.07, 6.45) is 0. The van der Waals surface area contributed by atoms with Crippen LogP contribution in [0.4, 0.5) is 11.4 Å². The summed E-state index contributed by atoms with van der Waals surface area (Å²) in [4.78, 5) is 12.8. The molecule has 1 heterocycles. The minimum Gasteiger partial charge on any atom is -0.465 e. The fourth-order valence-electron chi connectivity index (χ4n) is 1.67. The summed E-state index contributed by atoms with van der Waals surface area (Å²) in [6, 6.07) is 7.19. The molecule has 2 rings (SSSR count). The Kier molecular flexibility index (Phi) is 4.44. The number of rotatable bonds is 4. The first-order valence-electron chi connectivity index (χ1n) is 5.55. The van der Waals surface area contributed by atoms with E-state index in [1.54, 1.807) is 29.5 Å². The number of anilines is 2. The molecule has 0 unspecified atom stereocenters. The maximum atomic E-state index is 11.7. The van der Waals surface area contributed by atoms with Crippen molar-refractivity contribution in [2.75, 3.05) is 18.2 Å². The molecule has 4 nitrogen and oxygen atoms in total. The fourth-order valence-corrected chi connectivity index (χ4v) is 3.06. The van der Waals surface area contributed by atoms with Crippen LogP contribution in [0, 0.1) is 0 Å². The normalized spacial score (nSPS) is 10.2. The van der Waals surface area contributed by atoms with Crippen molar-refractivity contribution >= 4 is 44.6 Å². The van der Waals surface area contributed by atoms with E-state index in [1.165, 1.54) is 7.11 Å². The van der Waals surface area contributed by atoms with Gasteiger partial charge in [-0.3, -0.25) is 0 Å². The lowest BCUT2D eigenvalue weighted by atomic mass is 10.1. The van der Waals surface area contributed by atoms with Crippen molar-refractivity contribution in [1.82, 2.24) is 0 Å². The molecule has 0 saturated carbocycles. The van der Waals surface area contributed by atoms with Crippen LogP contribution < -0.4 is 11.1 Å². The van der Waals surface area contributed by atoms with Gasteiger partial charge in [-0.25, -0.2) is 4.79 Å². The fraction of sp³-hybridized carbons (Fsp3) is 0.154. The molecule has 0 amide bonds. The molecule has 0 aliphatic carbocycles. The number of esters is 1. The third-order valence-corrected chi connectivity index (χ3v) is 4.26. The van der Waals surface area contributed by atoms with E-state index in [4.69, 9.17) is 10.5 Å². The molecule has 19 heavy (non-hydrogen) atoms. The van der Waals surface area contributed by atoms with Gasteiger partial charge in [0.15, 0.2) is 0 Å². The van der Waals surface area contributed by atoms with E-state index in [1.807, 2.05) is 11.4 Å². The largest absolute Gasteiger partial charge is 0.465 e. The average Bonchev–Trinajstić information content (AvgIpc) is 2.82. The molecule has 1 aromatic carbocycles. The Morgan fingerprint density at radius 3 is 2.95 bits per heavy atom. The van der Waals surface area contributed by atoms with Crippen molar-refractivity contribution in [3.63, 3.8) is 0 Å². The minimum atomic E-state index is -0.401. The van der Waals surface area contributed by atoms with Gasteiger partial charge < -0.3 is 15.8 Å². The predicted octanol–water partition coefficient (Wildman–Crippen LogP) is 3.49. The maximum Gasteiger partial charge on any atom is 0.340 e. The van der Waals surface area contributed by atoms with E-state index < -0.39 is 5.97 Å². The summed E-state index contributed by atoms with van der Waals surface area (Å²) in [5, 5.41) is 5.20. The Morgan fingerprint density at radius 1 is 1.53 bits per heavy atom. The lowest BCUT2D eigenvalue weighted by molar-refractivity contribution is 0.0602. The Labute approximate surface area is 123 Å². The van der Waals surface area contributed by atoms with Crippen molar-refractivity contribution in [2.45, 2.75) is 6.54 Å². The maximum absolute atomic E-state index is 11.7. The second-order valence-corrected chi connectivity index (χ2v) is 5.76. The zero-order chi connectivity index (χ0) is 13.8. The monoisotopic (exact) mass is 340 g/mol. The summed E-state index contributed by atoms with van der Waals surface area (Å²) in [7, 11) is 1.35. The number of carbonyl (C=O) groups excluding carboxylic acids is 1. The first-order chi connectivity index (χ1) is 9.11. The topological polar surface area (TPSA) is 64.3 Å². The van der Waals surface area contributed by atoms with Gasteiger partial charge in [-0.05, 0) is 34.1 Å². The molecule has 0 radical (unpaired) electrons. The zero-order valence-electron chi connectivity index (χ0n) is 10.3. The molecule has 0 aliphatic rings. The number of thiophene rings is 1. The summed E-state index contributed by atoms with van der Waals surface area (Å²) in [5.41, 5.74) is 7.49. The van der Waals surface area contributed by atoms with Gasteiger partial charge in [0.25, 0.3) is 0 Å². The molecule has 0 saturated heterocycles. The highest BCUT2D eigenvalue weighted by Gasteiger charge is 2.14. The van der Waals surface area contributed by atoms with E-state index in [2.05, 4.69) is 21.2 Å². The highest BCUT2D eigenvalue weighted by atomic mass is 79.9. The molecule has 1 aromatic heterocycles. The van der Waals surface area contributed by atoms with E-state index in [-0.39, 0.29) is 0 Å². The van der Waals surface area contributed by atoms with Crippen LogP contribution in [0.25, 0.3) is 0 Å². The summed E-state index contributed by atoms with van der Waals surface area (Å²) in [6.45, 7) is 0.606. The molecule has 3 N–H and O–H groups in total. The second-order valence-electron chi connectivity index (χ2n) is 3.85. The molecule has 0 fully saturated rings. The molecule has 6 heteroatoms. The smallest absolute Gasteiger partial charge is 0.340 e. The van der Waals surface area contributed by atoms with Gasteiger partial charge in [-0.15, -0.1) is 11.3 Å². The number of nitrogens with one attached hydrogen (secondary N) is 1. The summed E-state index contributed by atoms with van der Waals surface area (Å²) in [5.74, 6) is -0.401. The first kappa shape index (κ1) is 13.9. The van der Waals surface area contributed by atoms with Crippen LogP contribution in [0.5, 0.6) is 0 Å². The third-order valence-electron chi connectivity index (χ3n) is 2.56. The third kappa shape index (κ3) is 3.27. The van der Waals surface area contributed by atoms with Crippen molar-refractivity contribution in [1.29, 1.82) is 0 Å². The molecule has 0 bridgehead atoms. The van der Waals surface area contributed by atoms with Crippen LogP contribution in [0.3, 0.4) is 0 Å². The first-order valence-corrected chi connectivity index (χ1v) is 7.22. The van der Waals surface area contributed by atoms with Gasteiger partial charge in [-0.1, -0.05) is 6.07 Å². The minimum absolute atomic E-state index is 0.401. The zero-order valence-corrected chi connectivity index (χ0v) is 12.7. The number of hydrogen-bond acceptors (Lipinski definition) is 5. The Bertz CT molecular complexity index is 598. The molecule has 0 aliphatic heterocycles. The Hall–Kier alpha value is -1.53. The number of para-hydroxylation sites is 1. The van der Waals surface area contributed by atoms with E-state index in [0.717, 1.165) is 9.35 Å². The number of nitrogen functional groups attached to an aromatic ring is 1. The molecule has 0 atom stereocenters. The van der Waals surface area contributed by atoms with E-state index in [9.17, 15) is 4.79 Å². The van der Waals surface area contributed by atoms with Gasteiger partial charge in [-0.2, -0.15) is 0 Å². The van der Waals surface area contributed by atoms with Crippen molar-refractivity contribution in [3.8, 4) is 0 Å². The van der Waals surface area contributed by atoms with Gasteiger partial charge in [0.1, 0.15) is 0 Å². The molecule has 2 aromatic rings. The van der Waals surface area contributed by atoms with Crippen LogP contribution in [-0.4, -0.2) is 13.1 Å². The SMILES string of the molecule is COC(=O)c1cccc(N)c1NCc1cc(Br)cs1. The highest BCUT2D eigenvalue weighted by Crippen LogP contribution is 2.26. The number of ether oxygens (including phenoxy) is 1. The number of carbonyl (C=O) groups is 1. The number of halogens is 1. The van der Waals surface area contributed by atoms with Gasteiger partial charge in [0, 0.05) is 21.3 Å². The van der Waals surface area contributed by atoms with Crippen molar-refractivity contribution in [2.24, 2.45) is 0 Å². The van der Waals surface area contributed by atoms with E-state index in [0.29, 0.717) is 23.5 Å². The molecule has 100 valence electrons. The number of benzene rings is 1. The summed E-state index contributed by atoms with van der Waals surface area (Å²) < 4.78 is 5.79. The van der Waals surface area contributed by atoms with Gasteiger partial charge in [0.05, 0.1) is 24.0 Å². The van der Waals surface area contributed by atoms with Gasteiger partial charge >= 0.3 is 5.97 Å². The van der Waals surface area contributed by atoms with Crippen LogP contribution in [0.15, 0.2) is 34.1 Å². The van der Waals surface area contributed by atoms with Crippen LogP contribution in [0.2, 0.25) is 0 Å². The quantitative estimate of drug-likeness (QED) is 0.660. The second kappa shape index (κ2) is 6.08. The number of hydrogen-bond donors (Lipinski definition) is 2. The number of methoxy groups -OCH3 is 1. The molecule has 0 spiro atoms. The lowest BCUT2D eigenvalue weighted by Gasteiger charge is -2.12.